The summed E-state index contributed by atoms with van der Waals surface area (Å²) in [6.45, 7) is 0. The van der Waals surface area contributed by atoms with E-state index in [-0.39, 0.29) is 11.5 Å². The van der Waals surface area contributed by atoms with Crippen LogP contribution >= 0.6 is 11.6 Å². The first-order valence-corrected chi connectivity index (χ1v) is 6.86. The van der Waals surface area contributed by atoms with Crippen LogP contribution in [-0.4, -0.2) is 11.1 Å². The van der Waals surface area contributed by atoms with E-state index >= 15 is 0 Å². The number of hydrogen-bond acceptors (Lipinski definition) is 4. The zero-order chi connectivity index (χ0) is 15.5. The molecule has 3 rings (SSSR count). The summed E-state index contributed by atoms with van der Waals surface area (Å²) in [4.78, 5) is 12.1. The third-order valence-electron chi connectivity index (χ3n) is 3.04. The van der Waals surface area contributed by atoms with Gasteiger partial charge in [-0.2, -0.15) is 0 Å². The van der Waals surface area contributed by atoms with Gasteiger partial charge in [0.15, 0.2) is 11.5 Å². The van der Waals surface area contributed by atoms with Crippen LogP contribution in [0.2, 0.25) is 5.02 Å². The molecule has 1 N–H and O–H groups in total. The topological polar surface area (TPSA) is 59.7 Å². The van der Waals surface area contributed by atoms with Crippen molar-refractivity contribution in [3.8, 4) is 22.8 Å². The summed E-state index contributed by atoms with van der Waals surface area (Å²) in [6.07, 6.45) is 1.48. The molecule has 22 heavy (non-hydrogen) atoms. The Hall–Kier alpha value is -2.72. The summed E-state index contributed by atoms with van der Waals surface area (Å²) in [5, 5.41) is 10.6. The van der Waals surface area contributed by atoms with Crippen LogP contribution in [0.4, 0.5) is 0 Å². The molecule has 1 aromatic heterocycles. The number of carbonyl (C=O) groups is 1. The van der Waals surface area contributed by atoms with Crippen LogP contribution in [-0.2, 0) is 0 Å². The molecular weight excluding hydrogens is 304 g/mol. The van der Waals surface area contributed by atoms with Crippen LogP contribution in [0.5, 0.6) is 11.5 Å². The van der Waals surface area contributed by atoms with Gasteiger partial charge in [-0.05, 0) is 30.3 Å². The fraction of sp³-hybridized carbons (Fsp3) is 0. The van der Waals surface area contributed by atoms with Gasteiger partial charge in [-0.3, -0.25) is 0 Å². The summed E-state index contributed by atoms with van der Waals surface area (Å²) in [5.41, 5.74) is 0.731. The van der Waals surface area contributed by atoms with Crippen molar-refractivity contribution >= 4 is 17.6 Å². The number of ether oxygens (including phenoxy) is 1. The minimum absolute atomic E-state index is 0.0206. The Morgan fingerprint density at radius 3 is 2.55 bits per heavy atom. The van der Waals surface area contributed by atoms with Gasteiger partial charge in [-0.1, -0.05) is 29.8 Å². The molecule has 0 fully saturated rings. The van der Waals surface area contributed by atoms with Gasteiger partial charge in [0.2, 0.25) is 0 Å². The number of esters is 1. The SMILES string of the molecule is O=C(Oc1cc(Cl)cc(-c2ccco2)c1O)c1ccccc1. The van der Waals surface area contributed by atoms with Gasteiger partial charge in [-0.25, -0.2) is 4.79 Å². The maximum Gasteiger partial charge on any atom is 0.343 e. The number of aromatic hydroxyl groups is 1. The molecule has 0 atom stereocenters. The van der Waals surface area contributed by atoms with Crippen molar-refractivity contribution in [2.45, 2.75) is 0 Å². The zero-order valence-corrected chi connectivity index (χ0v) is 12.1. The van der Waals surface area contributed by atoms with Crippen LogP contribution in [0.25, 0.3) is 11.3 Å². The molecule has 110 valence electrons. The van der Waals surface area contributed by atoms with Crippen LogP contribution in [0.1, 0.15) is 10.4 Å². The number of hydrogen-bond donors (Lipinski definition) is 1. The molecule has 1 heterocycles. The Labute approximate surface area is 131 Å². The number of halogens is 1. The van der Waals surface area contributed by atoms with Crippen molar-refractivity contribution in [2.75, 3.05) is 0 Å². The molecule has 0 unspecified atom stereocenters. The van der Waals surface area contributed by atoms with Gasteiger partial charge in [0.1, 0.15) is 5.76 Å². The van der Waals surface area contributed by atoms with E-state index in [1.807, 2.05) is 0 Å². The summed E-state index contributed by atoms with van der Waals surface area (Å²) in [5.74, 6) is -0.378. The van der Waals surface area contributed by atoms with Gasteiger partial charge < -0.3 is 14.3 Å². The highest BCUT2D eigenvalue weighted by Crippen LogP contribution is 2.40. The van der Waals surface area contributed by atoms with E-state index in [1.54, 1.807) is 42.5 Å². The van der Waals surface area contributed by atoms with E-state index in [4.69, 9.17) is 20.8 Å². The molecular formula is C17H11ClO4. The Balaban J connectivity index is 1.96. The minimum atomic E-state index is -0.580. The number of furan rings is 1. The summed E-state index contributed by atoms with van der Waals surface area (Å²) >= 11 is 6.02. The van der Waals surface area contributed by atoms with Gasteiger partial charge in [0, 0.05) is 11.1 Å². The van der Waals surface area contributed by atoms with Crippen molar-refractivity contribution in [2.24, 2.45) is 0 Å². The largest absolute Gasteiger partial charge is 0.504 e. The monoisotopic (exact) mass is 314 g/mol. The van der Waals surface area contributed by atoms with Gasteiger partial charge in [0.25, 0.3) is 0 Å². The number of rotatable bonds is 3. The maximum absolute atomic E-state index is 12.1. The first-order chi connectivity index (χ1) is 10.6. The lowest BCUT2D eigenvalue weighted by molar-refractivity contribution is 0.0730. The molecule has 0 aliphatic heterocycles. The van der Waals surface area contributed by atoms with E-state index in [9.17, 15) is 9.90 Å². The summed E-state index contributed by atoms with van der Waals surface area (Å²) < 4.78 is 10.5. The molecule has 0 amide bonds. The Kier molecular flexibility index (Phi) is 3.85. The molecule has 0 radical (unpaired) electrons. The molecule has 0 saturated heterocycles. The van der Waals surface area contributed by atoms with Crippen molar-refractivity contribution in [1.82, 2.24) is 0 Å². The van der Waals surface area contributed by atoms with Gasteiger partial charge >= 0.3 is 5.97 Å². The number of phenols is 1. The third kappa shape index (κ3) is 2.82. The highest BCUT2D eigenvalue weighted by atomic mass is 35.5. The predicted molar refractivity (Wildman–Crippen MR) is 82.2 cm³/mol. The molecule has 0 spiro atoms. The average molecular weight is 315 g/mol. The molecule has 2 aromatic carbocycles. The first kappa shape index (κ1) is 14.2. The molecule has 0 saturated carbocycles. The second kappa shape index (κ2) is 5.95. The second-order valence-electron chi connectivity index (χ2n) is 4.53. The standard InChI is InChI=1S/C17H11ClO4/c18-12-9-13(14-7-4-8-21-14)16(19)15(10-12)22-17(20)11-5-2-1-3-6-11/h1-10,19H. The molecule has 5 heteroatoms. The van der Waals surface area contributed by atoms with Crippen molar-refractivity contribution in [1.29, 1.82) is 0 Å². The van der Waals surface area contributed by atoms with Gasteiger partial charge in [0.05, 0.1) is 17.4 Å². The Morgan fingerprint density at radius 2 is 1.86 bits per heavy atom. The average Bonchev–Trinajstić information content (AvgIpc) is 3.05. The highest BCUT2D eigenvalue weighted by Gasteiger charge is 2.17. The van der Waals surface area contributed by atoms with Crippen molar-refractivity contribution in [3.05, 3.63) is 71.4 Å². The molecule has 0 aliphatic rings. The van der Waals surface area contributed by atoms with Crippen molar-refractivity contribution in [3.63, 3.8) is 0 Å². The quantitative estimate of drug-likeness (QED) is 0.570. The normalized spacial score (nSPS) is 10.4. The second-order valence-corrected chi connectivity index (χ2v) is 4.97. The smallest absolute Gasteiger partial charge is 0.343 e. The lowest BCUT2D eigenvalue weighted by Gasteiger charge is -2.10. The van der Waals surface area contributed by atoms with E-state index in [0.29, 0.717) is 21.9 Å². The maximum atomic E-state index is 12.1. The number of phenolic OH excluding ortho intramolecular Hbond substituents is 1. The van der Waals surface area contributed by atoms with E-state index < -0.39 is 5.97 Å². The van der Waals surface area contributed by atoms with Crippen LogP contribution in [0.3, 0.4) is 0 Å². The molecule has 0 aliphatic carbocycles. The number of carbonyl (C=O) groups excluding carboxylic acids is 1. The molecule has 3 aromatic rings. The Bertz CT molecular complexity index is 795. The fourth-order valence-electron chi connectivity index (χ4n) is 2.00. The third-order valence-corrected chi connectivity index (χ3v) is 3.26. The summed E-state index contributed by atoms with van der Waals surface area (Å²) in [6, 6.07) is 14.8. The first-order valence-electron chi connectivity index (χ1n) is 6.49. The van der Waals surface area contributed by atoms with E-state index in [1.165, 1.54) is 18.4 Å². The van der Waals surface area contributed by atoms with Gasteiger partial charge in [-0.15, -0.1) is 0 Å². The van der Waals surface area contributed by atoms with E-state index in [2.05, 4.69) is 0 Å². The highest BCUT2D eigenvalue weighted by molar-refractivity contribution is 6.31. The van der Waals surface area contributed by atoms with Crippen LogP contribution in [0, 0.1) is 0 Å². The lowest BCUT2D eigenvalue weighted by Crippen LogP contribution is -2.08. The van der Waals surface area contributed by atoms with Crippen LogP contribution < -0.4 is 4.74 Å². The van der Waals surface area contributed by atoms with Crippen LogP contribution in [0.15, 0.2) is 65.3 Å². The fourth-order valence-corrected chi connectivity index (χ4v) is 2.21. The lowest BCUT2D eigenvalue weighted by atomic mass is 10.1. The van der Waals surface area contributed by atoms with E-state index in [0.717, 1.165) is 0 Å². The van der Waals surface area contributed by atoms with Crippen molar-refractivity contribution < 1.29 is 19.1 Å². The number of benzene rings is 2. The summed E-state index contributed by atoms with van der Waals surface area (Å²) in [7, 11) is 0. The minimum Gasteiger partial charge on any atom is -0.504 e. The molecule has 4 nitrogen and oxygen atoms in total. The molecule has 0 bridgehead atoms. The Morgan fingerprint density at radius 1 is 1.09 bits per heavy atom. The predicted octanol–water partition coefficient (Wildman–Crippen LogP) is 4.52. The zero-order valence-electron chi connectivity index (χ0n) is 11.3.